The minimum atomic E-state index is -1.58. The second-order valence-electron chi connectivity index (χ2n) is 4.12. The van der Waals surface area contributed by atoms with Crippen molar-refractivity contribution in [3.63, 3.8) is 0 Å². The number of likely N-dealkylation sites (tertiary alicyclic amines) is 1. The van der Waals surface area contributed by atoms with Crippen molar-refractivity contribution < 1.29 is 14.0 Å². The molecule has 1 atom stereocenters. The fraction of sp³-hybridized carbons (Fsp3) is 0.308. The number of halogens is 1. The number of nitriles is 1. The molecule has 1 unspecified atom stereocenters. The van der Waals surface area contributed by atoms with Crippen molar-refractivity contribution in [2.24, 2.45) is 0 Å². The Morgan fingerprint density at radius 3 is 2.61 bits per heavy atom. The van der Waals surface area contributed by atoms with Crippen LogP contribution in [0.1, 0.15) is 22.3 Å². The summed E-state index contributed by atoms with van der Waals surface area (Å²) in [7, 11) is 0. The van der Waals surface area contributed by atoms with Gasteiger partial charge in [-0.15, -0.1) is 0 Å². The van der Waals surface area contributed by atoms with Crippen molar-refractivity contribution in [2.75, 3.05) is 13.1 Å². The number of alkyl halides is 1. The van der Waals surface area contributed by atoms with Gasteiger partial charge in [-0.1, -0.05) is 0 Å². The number of piperidine rings is 1. The largest absolute Gasteiger partial charge is 0.335 e. The Morgan fingerprint density at radius 1 is 1.39 bits per heavy atom. The van der Waals surface area contributed by atoms with Crippen molar-refractivity contribution in [3.8, 4) is 6.07 Å². The third-order valence-corrected chi connectivity index (χ3v) is 2.91. The molecule has 0 bridgehead atoms. The smallest absolute Gasteiger partial charge is 0.253 e. The summed E-state index contributed by atoms with van der Waals surface area (Å²) in [5, 5.41) is 8.65. The zero-order chi connectivity index (χ0) is 13.1. The van der Waals surface area contributed by atoms with Crippen LogP contribution < -0.4 is 0 Å². The quantitative estimate of drug-likeness (QED) is 0.750. The monoisotopic (exact) mass is 246 g/mol. The van der Waals surface area contributed by atoms with Gasteiger partial charge >= 0.3 is 0 Å². The van der Waals surface area contributed by atoms with Crippen LogP contribution in [0, 0.1) is 11.3 Å². The molecule has 1 amide bonds. The number of ketones is 1. The van der Waals surface area contributed by atoms with E-state index in [1.807, 2.05) is 6.07 Å². The zero-order valence-electron chi connectivity index (χ0n) is 9.60. The molecule has 0 N–H and O–H groups in total. The number of Topliss-reactive ketones (excluding diaryl/α,β-unsaturated/α-hetero) is 1. The summed E-state index contributed by atoms with van der Waals surface area (Å²) in [6.45, 7) is 0.0652. The van der Waals surface area contributed by atoms with E-state index in [-0.39, 0.29) is 25.4 Å². The number of rotatable bonds is 1. The van der Waals surface area contributed by atoms with Crippen LogP contribution in [0.3, 0.4) is 0 Å². The molecular formula is C13H11FN2O2. The van der Waals surface area contributed by atoms with Crippen molar-refractivity contribution >= 4 is 11.7 Å². The van der Waals surface area contributed by atoms with Crippen LogP contribution in [0.15, 0.2) is 24.3 Å². The van der Waals surface area contributed by atoms with E-state index in [9.17, 15) is 14.0 Å². The summed E-state index contributed by atoms with van der Waals surface area (Å²) >= 11 is 0. The number of carbonyl (C=O) groups excluding carboxylic acids is 2. The molecule has 2 rings (SSSR count). The Labute approximate surface area is 104 Å². The van der Waals surface area contributed by atoms with Gasteiger partial charge in [-0.2, -0.15) is 5.26 Å². The van der Waals surface area contributed by atoms with E-state index in [0.29, 0.717) is 11.1 Å². The molecule has 1 heterocycles. The summed E-state index contributed by atoms with van der Waals surface area (Å²) < 4.78 is 13.2. The van der Waals surface area contributed by atoms with E-state index in [2.05, 4.69) is 0 Å². The van der Waals surface area contributed by atoms with Gasteiger partial charge in [-0.05, 0) is 24.3 Å². The van der Waals surface area contributed by atoms with Crippen LogP contribution in [0.5, 0.6) is 0 Å². The standard InChI is InChI=1S/C13H11FN2O2/c14-11-8-16(6-5-12(11)17)13(18)10-3-1-9(7-15)2-4-10/h1-4,11H,5-6,8H2. The summed E-state index contributed by atoms with van der Waals surface area (Å²) in [6, 6.07) is 8.09. The van der Waals surface area contributed by atoms with Gasteiger partial charge in [-0.25, -0.2) is 4.39 Å². The van der Waals surface area contributed by atoms with Crippen LogP contribution in [-0.2, 0) is 4.79 Å². The maximum Gasteiger partial charge on any atom is 0.253 e. The molecule has 5 heteroatoms. The highest BCUT2D eigenvalue weighted by Gasteiger charge is 2.29. The Hall–Kier alpha value is -2.22. The van der Waals surface area contributed by atoms with Crippen molar-refractivity contribution in [1.29, 1.82) is 5.26 Å². The molecule has 0 spiro atoms. The van der Waals surface area contributed by atoms with Gasteiger partial charge in [0.2, 0.25) is 0 Å². The lowest BCUT2D eigenvalue weighted by molar-refractivity contribution is -0.126. The van der Waals surface area contributed by atoms with Gasteiger partial charge in [0.1, 0.15) is 0 Å². The highest BCUT2D eigenvalue weighted by atomic mass is 19.1. The first-order chi connectivity index (χ1) is 8.61. The lowest BCUT2D eigenvalue weighted by Crippen LogP contribution is -2.45. The van der Waals surface area contributed by atoms with Gasteiger partial charge in [0.05, 0.1) is 18.2 Å². The normalized spacial score (nSPS) is 19.4. The summed E-state index contributed by atoms with van der Waals surface area (Å²) in [6.07, 6.45) is -1.52. The molecule has 1 saturated heterocycles. The summed E-state index contributed by atoms with van der Waals surface area (Å²) in [5.74, 6) is -0.756. The van der Waals surface area contributed by atoms with Gasteiger partial charge in [0, 0.05) is 18.5 Å². The topological polar surface area (TPSA) is 61.2 Å². The van der Waals surface area contributed by atoms with Gasteiger partial charge < -0.3 is 4.90 Å². The molecule has 1 aliphatic rings. The predicted molar refractivity (Wildman–Crippen MR) is 61.6 cm³/mol. The highest BCUT2D eigenvalue weighted by molar-refractivity contribution is 5.96. The Morgan fingerprint density at radius 2 is 2.06 bits per heavy atom. The molecule has 4 nitrogen and oxygen atoms in total. The molecule has 1 aromatic carbocycles. The maximum absolute atomic E-state index is 13.2. The minimum Gasteiger partial charge on any atom is -0.335 e. The first-order valence-electron chi connectivity index (χ1n) is 5.58. The predicted octanol–water partition coefficient (Wildman–Crippen LogP) is 1.31. The fourth-order valence-electron chi connectivity index (χ4n) is 1.84. The third-order valence-electron chi connectivity index (χ3n) is 2.91. The molecular weight excluding hydrogens is 235 g/mol. The summed E-state index contributed by atoms with van der Waals surface area (Å²) in [5.41, 5.74) is 0.860. The average Bonchev–Trinajstić information content (AvgIpc) is 2.41. The molecule has 0 radical (unpaired) electrons. The van der Waals surface area contributed by atoms with Crippen LogP contribution >= 0.6 is 0 Å². The van der Waals surface area contributed by atoms with Crippen LogP contribution in [0.2, 0.25) is 0 Å². The van der Waals surface area contributed by atoms with Crippen molar-refractivity contribution in [1.82, 2.24) is 4.90 Å². The number of benzene rings is 1. The van der Waals surface area contributed by atoms with Gasteiger partial charge in [0.25, 0.3) is 5.91 Å². The average molecular weight is 246 g/mol. The van der Waals surface area contributed by atoms with E-state index in [0.717, 1.165) is 0 Å². The molecule has 1 fully saturated rings. The third kappa shape index (κ3) is 2.38. The number of hydrogen-bond acceptors (Lipinski definition) is 3. The highest BCUT2D eigenvalue weighted by Crippen LogP contribution is 2.14. The molecule has 1 aromatic rings. The van der Waals surface area contributed by atoms with E-state index in [1.165, 1.54) is 29.2 Å². The summed E-state index contributed by atoms with van der Waals surface area (Å²) in [4.78, 5) is 24.4. The van der Waals surface area contributed by atoms with E-state index < -0.39 is 12.0 Å². The van der Waals surface area contributed by atoms with Crippen LogP contribution in [0.25, 0.3) is 0 Å². The van der Waals surface area contributed by atoms with Gasteiger partial charge in [-0.3, -0.25) is 9.59 Å². The molecule has 1 aliphatic heterocycles. The van der Waals surface area contributed by atoms with Crippen molar-refractivity contribution in [2.45, 2.75) is 12.6 Å². The lowest BCUT2D eigenvalue weighted by atomic mass is 10.1. The number of carbonyl (C=O) groups is 2. The number of amides is 1. The van der Waals surface area contributed by atoms with Crippen LogP contribution in [-0.4, -0.2) is 35.9 Å². The SMILES string of the molecule is N#Cc1ccc(C(=O)N2CCC(=O)C(F)C2)cc1. The molecule has 0 saturated carbocycles. The second-order valence-corrected chi connectivity index (χ2v) is 4.12. The lowest BCUT2D eigenvalue weighted by Gasteiger charge is -2.28. The first-order valence-corrected chi connectivity index (χ1v) is 5.58. The van der Waals surface area contributed by atoms with E-state index in [1.54, 1.807) is 0 Å². The molecule has 0 aromatic heterocycles. The Bertz CT molecular complexity index is 519. The van der Waals surface area contributed by atoms with E-state index >= 15 is 0 Å². The minimum absolute atomic E-state index is 0.0587. The zero-order valence-corrected chi connectivity index (χ0v) is 9.60. The van der Waals surface area contributed by atoms with Gasteiger partial charge in [0.15, 0.2) is 12.0 Å². The number of hydrogen-bond donors (Lipinski definition) is 0. The molecule has 18 heavy (non-hydrogen) atoms. The first kappa shape index (κ1) is 12.2. The van der Waals surface area contributed by atoms with Crippen molar-refractivity contribution in [3.05, 3.63) is 35.4 Å². The Kier molecular flexibility index (Phi) is 3.38. The maximum atomic E-state index is 13.2. The molecule has 0 aliphatic carbocycles. The Balaban J connectivity index is 2.11. The molecule has 92 valence electrons. The van der Waals surface area contributed by atoms with Crippen LogP contribution in [0.4, 0.5) is 4.39 Å². The van der Waals surface area contributed by atoms with E-state index in [4.69, 9.17) is 5.26 Å². The second kappa shape index (κ2) is 4.96. The fourth-order valence-corrected chi connectivity index (χ4v) is 1.84. The number of nitrogens with zero attached hydrogens (tertiary/aromatic N) is 2.